The van der Waals surface area contributed by atoms with Crippen molar-refractivity contribution in [3.8, 4) is 0 Å². The van der Waals surface area contributed by atoms with Crippen LogP contribution in [0.2, 0.25) is 0 Å². The molecule has 0 heterocycles. The molecular formula is C11H23NOS. The minimum atomic E-state index is 0.300. The summed E-state index contributed by atoms with van der Waals surface area (Å²) in [6.45, 7) is 2.57. The third-order valence-corrected chi connectivity index (χ3v) is 3.49. The first kappa shape index (κ1) is 12.3. The van der Waals surface area contributed by atoms with E-state index in [4.69, 9.17) is 5.11 Å². The number of hydrogen-bond donors (Lipinski definition) is 2. The second-order valence-electron chi connectivity index (χ2n) is 4.41. The number of nitrogens with one attached hydrogen (secondary N) is 1. The minimum Gasteiger partial charge on any atom is -0.396 e. The summed E-state index contributed by atoms with van der Waals surface area (Å²) in [5, 5.41) is 12.5. The molecule has 1 saturated carbocycles. The largest absolute Gasteiger partial charge is 0.396 e. The van der Waals surface area contributed by atoms with Crippen molar-refractivity contribution in [3.63, 3.8) is 0 Å². The third kappa shape index (κ3) is 5.23. The molecule has 1 aliphatic rings. The molecule has 0 spiro atoms. The van der Waals surface area contributed by atoms with Crippen LogP contribution in [-0.4, -0.2) is 35.8 Å². The van der Waals surface area contributed by atoms with Crippen molar-refractivity contribution in [3.05, 3.63) is 0 Å². The topological polar surface area (TPSA) is 32.3 Å². The van der Waals surface area contributed by atoms with Crippen molar-refractivity contribution >= 4 is 11.8 Å². The molecule has 3 heteroatoms. The normalized spacial score (nSPS) is 20.8. The monoisotopic (exact) mass is 217 g/mol. The summed E-state index contributed by atoms with van der Waals surface area (Å²) < 4.78 is 0. The highest BCUT2D eigenvalue weighted by molar-refractivity contribution is 7.98. The van der Waals surface area contributed by atoms with E-state index in [-0.39, 0.29) is 0 Å². The van der Waals surface area contributed by atoms with Gasteiger partial charge in [-0.1, -0.05) is 12.8 Å². The van der Waals surface area contributed by atoms with Gasteiger partial charge < -0.3 is 10.4 Å². The summed E-state index contributed by atoms with van der Waals surface area (Å²) in [6, 6.07) is 1.11. The van der Waals surface area contributed by atoms with Crippen LogP contribution < -0.4 is 5.32 Å². The molecule has 2 nitrogen and oxygen atoms in total. The van der Waals surface area contributed by atoms with E-state index in [0.717, 1.165) is 18.1 Å². The lowest BCUT2D eigenvalue weighted by Gasteiger charge is -2.22. The van der Waals surface area contributed by atoms with Gasteiger partial charge in [0.25, 0.3) is 0 Å². The van der Waals surface area contributed by atoms with Crippen LogP contribution in [0.25, 0.3) is 0 Å². The number of aliphatic hydroxyl groups is 1. The van der Waals surface area contributed by atoms with Crippen LogP contribution in [0.15, 0.2) is 0 Å². The lowest BCUT2D eigenvalue weighted by atomic mass is 10.1. The SMILES string of the molecule is CSCC(CCO)NC(C)CC1CC1. The van der Waals surface area contributed by atoms with Gasteiger partial charge in [0.1, 0.15) is 0 Å². The summed E-state index contributed by atoms with van der Waals surface area (Å²) in [4.78, 5) is 0. The molecule has 0 saturated heterocycles. The van der Waals surface area contributed by atoms with Gasteiger partial charge in [-0.3, -0.25) is 0 Å². The first-order chi connectivity index (χ1) is 6.76. The van der Waals surface area contributed by atoms with E-state index in [0.29, 0.717) is 18.7 Å². The predicted octanol–water partition coefficient (Wildman–Crippen LogP) is 1.88. The molecule has 0 amide bonds. The smallest absolute Gasteiger partial charge is 0.0446 e. The molecule has 0 aliphatic heterocycles. The van der Waals surface area contributed by atoms with Gasteiger partial charge in [-0.25, -0.2) is 0 Å². The fourth-order valence-corrected chi connectivity index (χ4v) is 2.56. The van der Waals surface area contributed by atoms with E-state index in [1.165, 1.54) is 19.3 Å². The van der Waals surface area contributed by atoms with Crippen molar-refractivity contribution < 1.29 is 5.11 Å². The summed E-state index contributed by atoms with van der Waals surface area (Å²) in [5.41, 5.74) is 0. The van der Waals surface area contributed by atoms with Crippen molar-refractivity contribution in [2.24, 2.45) is 5.92 Å². The quantitative estimate of drug-likeness (QED) is 0.651. The highest BCUT2D eigenvalue weighted by Crippen LogP contribution is 2.33. The van der Waals surface area contributed by atoms with Gasteiger partial charge in [-0.2, -0.15) is 11.8 Å². The summed E-state index contributed by atoms with van der Waals surface area (Å²) in [5.74, 6) is 2.09. The molecule has 2 atom stereocenters. The first-order valence-electron chi connectivity index (χ1n) is 5.62. The number of thioether (sulfide) groups is 1. The predicted molar refractivity (Wildman–Crippen MR) is 63.8 cm³/mol. The summed E-state index contributed by atoms with van der Waals surface area (Å²) in [7, 11) is 0. The zero-order chi connectivity index (χ0) is 10.4. The van der Waals surface area contributed by atoms with Crippen LogP contribution in [0.1, 0.15) is 32.6 Å². The Morgan fingerprint density at radius 1 is 1.50 bits per heavy atom. The van der Waals surface area contributed by atoms with E-state index in [1.54, 1.807) is 0 Å². The van der Waals surface area contributed by atoms with Crippen molar-refractivity contribution in [1.82, 2.24) is 5.32 Å². The zero-order valence-electron chi connectivity index (χ0n) is 9.33. The molecule has 1 aliphatic carbocycles. The summed E-state index contributed by atoms with van der Waals surface area (Å²) >= 11 is 1.85. The van der Waals surface area contributed by atoms with Gasteiger partial charge >= 0.3 is 0 Å². The summed E-state index contributed by atoms with van der Waals surface area (Å²) in [6.07, 6.45) is 7.18. The van der Waals surface area contributed by atoms with Crippen molar-refractivity contribution in [1.29, 1.82) is 0 Å². The van der Waals surface area contributed by atoms with Crippen LogP contribution >= 0.6 is 11.8 Å². The highest BCUT2D eigenvalue weighted by Gasteiger charge is 2.24. The van der Waals surface area contributed by atoms with Crippen LogP contribution in [0.4, 0.5) is 0 Å². The number of rotatable bonds is 8. The Labute approximate surface area is 91.9 Å². The Balaban J connectivity index is 2.14. The Hall–Kier alpha value is 0.270. The fourth-order valence-electron chi connectivity index (χ4n) is 1.90. The Morgan fingerprint density at radius 2 is 2.21 bits per heavy atom. The Bertz CT molecular complexity index is 144. The molecule has 0 radical (unpaired) electrons. The highest BCUT2D eigenvalue weighted by atomic mass is 32.2. The van der Waals surface area contributed by atoms with Gasteiger partial charge in [0.05, 0.1) is 0 Å². The van der Waals surface area contributed by atoms with E-state index >= 15 is 0 Å². The van der Waals surface area contributed by atoms with Crippen molar-refractivity contribution in [2.45, 2.75) is 44.7 Å². The van der Waals surface area contributed by atoms with Crippen molar-refractivity contribution in [2.75, 3.05) is 18.6 Å². The van der Waals surface area contributed by atoms with E-state index in [2.05, 4.69) is 18.5 Å². The number of hydrogen-bond acceptors (Lipinski definition) is 3. The lowest BCUT2D eigenvalue weighted by Crippen LogP contribution is -2.39. The molecule has 14 heavy (non-hydrogen) atoms. The molecular weight excluding hydrogens is 194 g/mol. The number of aliphatic hydroxyl groups excluding tert-OH is 1. The fraction of sp³-hybridized carbons (Fsp3) is 1.00. The second-order valence-corrected chi connectivity index (χ2v) is 5.32. The lowest BCUT2D eigenvalue weighted by molar-refractivity contribution is 0.263. The molecule has 1 rings (SSSR count). The molecule has 1 fully saturated rings. The maximum atomic E-state index is 8.92. The third-order valence-electron chi connectivity index (χ3n) is 2.75. The molecule has 0 aromatic heterocycles. The van der Waals surface area contributed by atoms with Crippen LogP contribution in [-0.2, 0) is 0 Å². The van der Waals surface area contributed by atoms with E-state index in [1.807, 2.05) is 11.8 Å². The van der Waals surface area contributed by atoms with Gasteiger partial charge in [-0.15, -0.1) is 0 Å². The average molecular weight is 217 g/mol. The van der Waals surface area contributed by atoms with Gasteiger partial charge in [0.15, 0.2) is 0 Å². The van der Waals surface area contributed by atoms with E-state index < -0.39 is 0 Å². The standard InChI is InChI=1S/C11H23NOS/c1-9(7-10-3-4-10)12-11(5-6-13)8-14-2/h9-13H,3-8H2,1-2H3. The maximum absolute atomic E-state index is 8.92. The molecule has 0 aromatic carbocycles. The second kappa shape index (κ2) is 6.70. The Kier molecular flexibility index (Phi) is 5.90. The van der Waals surface area contributed by atoms with Gasteiger partial charge in [0.2, 0.25) is 0 Å². The van der Waals surface area contributed by atoms with Gasteiger partial charge in [0, 0.05) is 24.4 Å². The van der Waals surface area contributed by atoms with Gasteiger partial charge in [-0.05, 0) is 31.9 Å². The minimum absolute atomic E-state index is 0.300. The molecule has 0 bridgehead atoms. The van der Waals surface area contributed by atoms with Crippen LogP contribution in [0, 0.1) is 5.92 Å². The molecule has 84 valence electrons. The zero-order valence-corrected chi connectivity index (χ0v) is 10.1. The molecule has 0 aromatic rings. The molecule has 2 N–H and O–H groups in total. The van der Waals surface area contributed by atoms with E-state index in [9.17, 15) is 0 Å². The van der Waals surface area contributed by atoms with Crippen LogP contribution in [0.3, 0.4) is 0 Å². The maximum Gasteiger partial charge on any atom is 0.0446 e. The molecule has 2 unspecified atom stereocenters. The average Bonchev–Trinajstić information content (AvgIpc) is 2.89. The Morgan fingerprint density at radius 3 is 2.71 bits per heavy atom. The first-order valence-corrected chi connectivity index (χ1v) is 7.01. The van der Waals surface area contributed by atoms with Crippen LogP contribution in [0.5, 0.6) is 0 Å².